The molecule has 0 aliphatic carbocycles. The molecule has 37 heavy (non-hydrogen) atoms. The smallest absolute Gasteiger partial charge is 0.232 e. The first-order chi connectivity index (χ1) is 18.2. The summed E-state index contributed by atoms with van der Waals surface area (Å²) in [5.41, 5.74) is 1.43. The standard InChI is InChI=1S/C26H31N9O2/c36-21-6-3-10-34(21)12-13-35-18-29-22-24(28-9-11-33-14-16-37-17-15-33)31-26(32-25(22)35)30-23-20-5-2-1-4-19(20)7-8-27-23/h1-2,4-5,7-8,18H,3,6,9-17H2,(H2,27,28,30,31,32). The Labute approximate surface area is 214 Å². The van der Waals surface area contributed by atoms with Gasteiger partial charge in [-0.25, -0.2) is 9.97 Å². The summed E-state index contributed by atoms with van der Waals surface area (Å²) in [5.74, 6) is 2.04. The van der Waals surface area contributed by atoms with Gasteiger partial charge in [0.25, 0.3) is 0 Å². The largest absolute Gasteiger partial charge is 0.379 e. The van der Waals surface area contributed by atoms with Crippen LogP contribution in [0.4, 0.5) is 17.6 Å². The fourth-order valence-electron chi connectivity index (χ4n) is 4.94. The van der Waals surface area contributed by atoms with Crippen molar-refractivity contribution in [3.8, 4) is 0 Å². The first-order valence-corrected chi connectivity index (χ1v) is 12.9. The van der Waals surface area contributed by atoms with Crippen LogP contribution in [0.2, 0.25) is 0 Å². The molecule has 6 rings (SSSR count). The van der Waals surface area contributed by atoms with Crippen LogP contribution in [0.1, 0.15) is 12.8 Å². The zero-order valence-corrected chi connectivity index (χ0v) is 20.8. The predicted octanol–water partition coefficient (Wildman–Crippen LogP) is 2.48. The van der Waals surface area contributed by atoms with Crippen LogP contribution in [0, 0.1) is 0 Å². The van der Waals surface area contributed by atoms with E-state index in [4.69, 9.17) is 14.7 Å². The van der Waals surface area contributed by atoms with Crippen LogP contribution in [0.15, 0.2) is 42.9 Å². The van der Waals surface area contributed by atoms with E-state index >= 15 is 0 Å². The van der Waals surface area contributed by atoms with Gasteiger partial charge in [0.1, 0.15) is 5.82 Å². The predicted molar refractivity (Wildman–Crippen MR) is 142 cm³/mol. The number of hydrogen-bond acceptors (Lipinski definition) is 9. The number of rotatable bonds is 9. The molecule has 1 aromatic carbocycles. The summed E-state index contributed by atoms with van der Waals surface area (Å²) in [6.45, 7) is 7.11. The minimum Gasteiger partial charge on any atom is -0.379 e. The quantitative estimate of drug-likeness (QED) is 0.357. The maximum Gasteiger partial charge on any atom is 0.232 e. The van der Waals surface area contributed by atoms with Crippen molar-refractivity contribution in [1.82, 2.24) is 34.3 Å². The third-order valence-electron chi connectivity index (χ3n) is 6.97. The number of morpholine rings is 1. The number of carbonyl (C=O) groups excluding carboxylic acids is 1. The van der Waals surface area contributed by atoms with Crippen molar-refractivity contribution in [2.45, 2.75) is 19.4 Å². The average molecular weight is 502 g/mol. The molecule has 11 nitrogen and oxygen atoms in total. The monoisotopic (exact) mass is 501 g/mol. The van der Waals surface area contributed by atoms with Crippen molar-refractivity contribution in [3.63, 3.8) is 0 Å². The third-order valence-corrected chi connectivity index (χ3v) is 6.97. The van der Waals surface area contributed by atoms with Crippen LogP contribution in [0.25, 0.3) is 21.9 Å². The number of amides is 1. The van der Waals surface area contributed by atoms with Crippen LogP contribution >= 0.6 is 0 Å². The van der Waals surface area contributed by atoms with Gasteiger partial charge in [-0.2, -0.15) is 9.97 Å². The number of fused-ring (bicyclic) bond motifs is 2. The number of nitrogens with one attached hydrogen (secondary N) is 2. The molecule has 11 heteroatoms. The Kier molecular flexibility index (Phi) is 6.78. The maximum atomic E-state index is 12.1. The topological polar surface area (TPSA) is 113 Å². The number of anilines is 3. The Morgan fingerprint density at radius 3 is 2.70 bits per heavy atom. The number of pyridine rings is 1. The summed E-state index contributed by atoms with van der Waals surface area (Å²) in [6, 6.07) is 10.1. The molecule has 0 spiro atoms. The van der Waals surface area contributed by atoms with Crippen molar-refractivity contribution in [2.24, 2.45) is 0 Å². The molecule has 192 valence electrons. The highest BCUT2D eigenvalue weighted by Gasteiger charge is 2.21. The first-order valence-electron chi connectivity index (χ1n) is 12.9. The SMILES string of the molecule is O=C1CCCN1CCn1cnc2c(NCCN3CCOCC3)nc(Nc3nccc4ccccc34)nc21. The fourth-order valence-corrected chi connectivity index (χ4v) is 4.94. The van der Waals surface area contributed by atoms with Crippen LogP contribution < -0.4 is 10.6 Å². The molecule has 4 aromatic rings. The number of nitrogens with zero attached hydrogens (tertiary/aromatic N) is 7. The molecule has 0 saturated carbocycles. The van der Waals surface area contributed by atoms with Gasteiger partial charge < -0.3 is 24.8 Å². The second-order valence-corrected chi connectivity index (χ2v) is 9.38. The highest BCUT2D eigenvalue weighted by atomic mass is 16.5. The van der Waals surface area contributed by atoms with Gasteiger partial charge in [0.2, 0.25) is 11.9 Å². The Bertz CT molecular complexity index is 1390. The molecular weight excluding hydrogens is 470 g/mol. The second-order valence-electron chi connectivity index (χ2n) is 9.38. The number of benzene rings is 1. The Hall–Kier alpha value is -3.83. The minimum absolute atomic E-state index is 0.217. The number of hydrogen-bond donors (Lipinski definition) is 2. The molecule has 0 bridgehead atoms. The third kappa shape index (κ3) is 5.18. The molecule has 2 N–H and O–H groups in total. The lowest BCUT2D eigenvalue weighted by molar-refractivity contribution is -0.127. The fraction of sp³-hybridized carbons (Fsp3) is 0.423. The van der Waals surface area contributed by atoms with E-state index in [1.807, 2.05) is 33.7 Å². The van der Waals surface area contributed by atoms with Gasteiger partial charge in [0, 0.05) is 63.8 Å². The lowest BCUT2D eigenvalue weighted by atomic mass is 10.1. The van der Waals surface area contributed by atoms with Crippen molar-refractivity contribution >= 4 is 45.4 Å². The Morgan fingerprint density at radius 1 is 0.946 bits per heavy atom. The van der Waals surface area contributed by atoms with Gasteiger partial charge >= 0.3 is 0 Å². The molecule has 2 saturated heterocycles. The zero-order chi connectivity index (χ0) is 25.0. The molecule has 2 fully saturated rings. The van der Waals surface area contributed by atoms with E-state index < -0.39 is 0 Å². The summed E-state index contributed by atoms with van der Waals surface area (Å²) in [6.07, 6.45) is 5.13. The molecule has 3 aromatic heterocycles. The van der Waals surface area contributed by atoms with E-state index in [-0.39, 0.29) is 5.91 Å². The van der Waals surface area contributed by atoms with Gasteiger partial charge in [-0.1, -0.05) is 24.3 Å². The van der Waals surface area contributed by atoms with E-state index in [0.29, 0.717) is 42.6 Å². The van der Waals surface area contributed by atoms with E-state index in [1.54, 1.807) is 12.5 Å². The Balaban J connectivity index is 1.28. The number of imidazole rings is 1. The molecule has 2 aliphatic rings. The second kappa shape index (κ2) is 10.7. The van der Waals surface area contributed by atoms with Gasteiger partial charge in [0.05, 0.1) is 19.5 Å². The molecule has 0 atom stereocenters. The van der Waals surface area contributed by atoms with Crippen LogP contribution in [-0.2, 0) is 16.1 Å². The van der Waals surface area contributed by atoms with Crippen LogP contribution in [0.5, 0.6) is 0 Å². The van der Waals surface area contributed by atoms with E-state index in [2.05, 4.69) is 31.6 Å². The summed E-state index contributed by atoms with van der Waals surface area (Å²) >= 11 is 0. The number of likely N-dealkylation sites (tertiary alicyclic amines) is 1. The molecule has 0 radical (unpaired) electrons. The lowest BCUT2D eigenvalue weighted by Crippen LogP contribution is -2.39. The van der Waals surface area contributed by atoms with Crippen LogP contribution in [-0.4, -0.2) is 92.7 Å². The van der Waals surface area contributed by atoms with Crippen molar-refractivity contribution in [1.29, 1.82) is 0 Å². The lowest BCUT2D eigenvalue weighted by Gasteiger charge is -2.26. The van der Waals surface area contributed by atoms with E-state index in [9.17, 15) is 4.79 Å². The summed E-state index contributed by atoms with van der Waals surface area (Å²) in [4.78, 5) is 35.2. The van der Waals surface area contributed by atoms with Gasteiger partial charge in [0.15, 0.2) is 17.0 Å². The summed E-state index contributed by atoms with van der Waals surface area (Å²) in [7, 11) is 0. The highest BCUT2D eigenvalue weighted by Crippen LogP contribution is 2.26. The first kappa shape index (κ1) is 23.6. The van der Waals surface area contributed by atoms with Crippen molar-refractivity contribution in [3.05, 3.63) is 42.9 Å². The van der Waals surface area contributed by atoms with Crippen molar-refractivity contribution in [2.75, 3.05) is 63.1 Å². The van der Waals surface area contributed by atoms with Gasteiger partial charge in [-0.3, -0.25) is 9.69 Å². The molecule has 2 aliphatic heterocycles. The normalized spacial score (nSPS) is 16.6. The van der Waals surface area contributed by atoms with Crippen LogP contribution in [0.3, 0.4) is 0 Å². The maximum absolute atomic E-state index is 12.1. The summed E-state index contributed by atoms with van der Waals surface area (Å²) < 4.78 is 7.46. The van der Waals surface area contributed by atoms with Gasteiger partial charge in [-0.15, -0.1) is 0 Å². The molecular formula is C26H31N9O2. The van der Waals surface area contributed by atoms with E-state index in [1.165, 1.54) is 0 Å². The Morgan fingerprint density at radius 2 is 1.84 bits per heavy atom. The highest BCUT2D eigenvalue weighted by molar-refractivity contribution is 5.93. The number of carbonyl (C=O) groups is 1. The molecule has 1 amide bonds. The molecule has 0 unspecified atom stereocenters. The summed E-state index contributed by atoms with van der Waals surface area (Å²) in [5, 5.41) is 8.90. The number of aromatic nitrogens is 5. The average Bonchev–Trinajstić information content (AvgIpc) is 3.54. The van der Waals surface area contributed by atoms with E-state index in [0.717, 1.165) is 68.8 Å². The van der Waals surface area contributed by atoms with Gasteiger partial charge in [-0.05, 0) is 17.9 Å². The zero-order valence-electron chi connectivity index (χ0n) is 20.8. The van der Waals surface area contributed by atoms with Crippen molar-refractivity contribution < 1.29 is 9.53 Å². The minimum atomic E-state index is 0.217. The molecule has 5 heterocycles. The number of ether oxygens (including phenoxy) is 1.